The largest absolute Gasteiger partial charge is 0.477 e. The molecule has 0 atom stereocenters. The highest BCUT2D eigenvalue weighted by Gasteiger charge is 2.11. The highest BCUT2D eigenvalue weighted by molar-refractivity contribution is 7.24. The van der Waals surface area contributed by atoms with Crippen LogP contribution in [-0.2, 0) is 12.8 Å². The van der Waals surface area contributed by atoms with E-state index in [1.165, 1.54) is 32.9 Å². The minimum Gasteiger partial charge on any atom is -0.477 e. The van der Waals surface area contributed by atoms with Crippen molar-refractivity contribution in [3.63, 3.8) is 0 Å². The maximum Gasteiger partial charge on any atom is 0.345 e. The van der Waals surface area contributed by atoms with E-state index < -0.39 is 5.97 Å². The molecule has 0 saturated heterocycles. The van der Waals surface area contributed by atoms with Crippen molar-refractivity contribution in [2.75, 3.05) is 0 Å². The Bertz CT molecular complexity index is 820. The van der Waals surface area contributed by atoms with Crippen molar-refractivity contribution >= 4 is 28.6 Å². The van der Waals surface area contributed by atoms with Crippen molar-refractivity contribution in [2.45, 2.75) is 26.7 Å². The lowest BCUT2D eigenvalue weighted by atomic mass is 10.0. The fraction of sp³-hybridized carbons (Fsp3) is 0.211. The Morgan fingerprint density at radius 2 is 1.43 bits per heavy atom. The molecule has 23 heavy (non-hydrogen) atoms. The molecule has 1 N–H and O–H groups in total. The van der Waals surface area contributed by atoms with Gasteiger partial charge in [-0.15, -0.1) is 22.7 Å². The number of hydrogen-bond acceptors (Lipinski definition) is 3. The third-order valence-electron chi connectivity index (χ3n) is 3.82. The van der Waals surface area contributed by atoms with E-state index in [0.717, 1.165) is 22.6 Å². The molecule has 3 aromatic rings. The molecule has 118 valence electrons. The van der Waals surface area contributed by atoms with Gasteiger partial charge in [0.15, 0.2) is 0 Å². The Kier molecular flexibility index (Phi) is 4.64. The second-order valence-corrected chi connectivity index (χ2v) is 7.55. The predicted molar refractivity (Wildman–Crippen MR) is 98.8 cm³/mol. The summed E-state index contributed by atoms with van der Waals surface area (Å²) in [5, 5.41) is 9.06. The molecule has 0 spiro atoms. The summed E-state index contributed by atoms with van der Waals surface area (Å²) in [5.74, 6) is -0.860. The van der Waals surface area contributed by atoms with Gasteiger partial charge in [-0.1, -0.05) is 32.0 Å². The first-order valence-electron chi connectivity index (χ1n) is 7.67. The van der Waals surface area contributed by atoms with Gasteiger partial charge >= 0.3 is 5.97 Å². The lowest BCUT2D eigenvalue weighted by Gasteiger charge is -2.06. The van der Waals surface area contributed by atoms with Crippen LogP contribution in [0.2, 0.25) is 0 Å². The minimum atomic E-state index is -0.860. The number of carboxylic acids is 1. The minimum absolute atomic E-state index is 0.385. The van der Waals surface area contributed by atoms with Crippen LogP contribution >= 0.6 is 22.7 Å². The quantitative estimate of drug-likeness (QED) is 0.620. The van der Waals surface area contributed by atoms with Gasteiger partial charge in [0.25, 0.3) is 0 Å². The van der Waals surface area contributed by atoms with Crippen LogP contribution in [0, 0.1) is 0 Å². The van der Waals surface area contributed by atoms with Gasteiger partial charge in [0.05, 0.1) is 0 Å². The molecule has 0 saturated carbocycles. The van der Waals surface area contributed by atoms with E-state index >= 15 is 0 Å². The van der Waals surface area contributed by atoms with Crippen LogP contribution in [0.15, 0.2) is 42.5 Å². The molecule has 0 aliphatic heterocycles. The summed E-state index contributed by atoms with van der Waals surface area (Å²) in [6.07, 6.45) is 2.07. The average Bonchev–Trinajstić information content (AvgIpc) is 3.23. The van der Waals surface area contributed by atoms with Gasteiger partial charge in [0, 0.05) is 14.6 Å². The summed E-state index contributed by atoms with van der Waals surface area (Å²) in [6, 6.07) is 14.6. The normalized spacial score (nSPS) is 10.9. The zero-order valence-corrected chi connectivity index (χ0v) is 14.8. The molecule has 0 aliphatic carbocycles. The Balaban J connectivity index is 1.96. The maximum atomic E-state index is 11.0. The monoisotopic (exact) mass is 342 g/mol. The maximum absolute atomic E-state index is 11.0. The molecule has 0 bridgehead atoms. The Morgan fingerprint density at radius 3 is 2.00 bits per heavy atom. The zero-order chi connectivity index (χ0) is 16.4. The fourth-order valence-electron chi connectivity index (χ4n) is 2.52. The van der Waals surface area contributed by atoms with Crippen molar-refractivity contribution < 1.29 is 9.90 Å². The standard InChI is InChI=1S/C19H18O2S2/c1-3-12-9-13(4-2)11-14(10-12)15-5-6-16(22-15)17-7-8-18(23-17)19(20)21/h5-11H,3-4H2,1-2H3,(H,20,21). The number of aromatic carboxylic acids is 1. The first-order chi connectivity index (χ1) is 11.1. The van der Waals surface area contributed by atoms with Crippen LogP contribution < -0.4 is 0 Å². The zero-order valence-electron chi connectivity index (χ0n) is 13.1. The molecule has 0 fully saturated rings. The summed E-state index contributed by atoms with van der Waals surface area (Å²) in [6.45, 7) is 4.36. The van der Waals surface area contributed by atoms with E-state index in [1.807, 2.05) is 6.07 Å². The van der Waals surface area contributed by atoms with Crippen molar-refractivity contribution in [1.82, 2.24) is 0 Å². The van der Waals surface area contributed by atoms with Gasteiger partial charge in [0.1, 0.15) is 4.88 Å². The number of carbonyl (C=O) groups is 1. The number of hydrogen-bond donors (Lipinski definition) is 1. The van der Waals surface area contributed by atoms with Crippen LogP contribution in [0.4, 0.5) is 0 Å². The molecule has 4 heteroatoms. The summed E-state index contributed by atoms with van der Waals surface area (Å²) in [5.41, 5.74) is 3.98. The topological polar surface area (TPSA) is 37.3 Å². The van der Waals surface area contributed by atoms with Crippen molar-refractivity contribution in [3.05, 3.63) is 58.5 Å². The van der Waals surface area contributed by atoms with E-state index in [9.17, 15) is 4.79 Å². The van der Waals surface area contributed by atoms with E-state index in [1.54, 1.807) is 17.4 Å². The number of thiophene rings is 2. The van der Waals surface area contributed by atoms with Crippen LogP contribution in [0.1, 0.15) is 34.6 Å². The van der Waals surface area contributed by atoms with Crippen LogP contribution in [0.5, 0.6) is 0 Å². The van der Waals surface area contributed by atoms with E-state index in [4.69, 9.17) is 5.11 Å². The van der Waals surface area contributed by atoms with Gasteiger partial charge < -0.3 is 5.11 Å². The molecule has 3 rings (SSSR count). The SMILES string of the molecule is CCc1cc(CC)cc(-c2ccc(-c3ccc(C(=O)O)s3)s2)c1. The molecule has 1 aromatic carbocycles. The second kappa shape index (κ2) is 6.69. The lowest BCUT2D eigenvalue weighted by Crippen LogP contribution is -1.89. The lowest BCUT2D eigenvalue weighted by molar-refractivity contribution is 0.0702. The predicted octanol–water partition coefficient (Wildman–Crippen LogP) is 5.97. The van der Waals surface area contributed by atoms with Crippen LogP contribution in [-0.4, -0.2) is 11.1 Å². The molecule has 0 aliphatic rings. The van der Waals surface area contributed by atoms with Gasteiger partial charge in [-0.05, 0) is 53.8 Å². The Morgan fingerprint density at radius 1 is 0.870 bits per heavy atom. The summed E-state index contributed by atoms with van der Waals surface area (Å²) in [4.78, 5) is 14.8. The summed E-state index contributed by atoms with van der Waals surface area (Å²) < 4.78 is 0. The Hall–Kier alpha value is -1.91. The van der Waals surface area contributed by atoms with Gasteiger partial charge in [-0.25, -0.2) is 4.79 Å². The van der Waals surface area contributed by atoms with Gasteiger partial charge in [-0.3, -0.25) is 0 Å². The number of aryl methyl sites for hydroxylation is 2. The van der Waals surface area contributed by atoms with Crippen molar-refractivity contribution in [2.24, 2.45) is 0 Å². The summed E-state index contributed by atoms with van der Waals surface area (Å²) >= 11 is 3.05. The molecule has 2 aromatic heterocycles. The molecule has 0 unspecified atom stereocenters. The van der Waals surface area contributed by atoms with Gasteiger partial charge in [0.2, 0.25) is 0 Å². The van der Waals surface area contributed by atoms with Gasteiger partial charge in [-0.2, -0.15) is 0 Å². The molecule has 2 nitrogen and oxygen atoms in total. The first kappa shape index (κ1) is 16.0. The van der Waals surface area contributed by atoms with Crippen LogP contribution in [0.3, 0.4) is 0 Å². The number of benzene rings is 1. The number of carboxylic acid groups (broad SMARTS) is 1. The average molecular weight is 342 g/mol. The highest BCUT2D eigenvalue weighted by Crippen LogP contribution is 2.38. The van der Waals surface area contributed by atoms with E-state index in [2.05, 4.69) is 44.2 Å². The molecule has 2 heterocycles. The molecule has 0 amide bonds. The molecular weight excluding hydrogens is 324 g/mol. The fourth-order valence-corrected chi connectivity index (χ4v) is 4.45. The third kappa shape index (κ3) is 3.38. The Labute approximate surface area is 144 Å². The second-order valence-electron chi connectivity index (χ2n) is 5.38. The first-order valence-corrected chi connectivity index (χ1v) is 9.30. The van der Waals surface area contributed by atoms with Crippen molar-refractivity contribution in [1.29, 1.82) is 0 Å². The molecule has 0 radical (unpaired) electrons. The van der Waals surface area contributed by atoms with E-state index in [0.29, 0.717) is 4.88 Å². The van der Waals surface area contributed by atoms with E-state index in [-0.39, 0.29) is 0 Å². The highest BCUT2D eigenvalue weighted by atomic mass is 32.1. The molecular formula is C19H18O2S2. The van der Waals surface area contributed by atoms with Crippen molar-refractivity contribution in [3.8, 4) is 20.2 Å². The third-order valence-corrected chi connectivity index (χ3v) is 6.22. The number of rotatable bonds is 5. The summed E-state index contributed by atoms with van der Waals surface area (Å²) in [7, 11) is 0. The smallest absolute Gasteiger partial charge is 0.345 e. The van der Waals surface area contributed by atoms with Crippen LogP contribution in [0.25, 0.3) is 20.2 Å².